The van der Waals surface area contributed by atoms with Crippen LogP contribution in [-0.4, -0.2) is 28.2 Å². The first-order chi connectivity index (χ1) is 8.65. The van der Waals surface area contributed by atoms with Gasteiger partial charge < -0.3 is 10.6 Å². The smallest absolute Gasteiger partial charge is 0.271 e. The second-order valence-electron chi connectivity index (χ2n) is 5.06. The van der Waals surface area contributed by atoms with E-state index in [-0.39, 0.29) is 11.9 Å². The van der Waals surface area contributed by atoms with Gasteiger partial charge in [-0.3, -0.25) is 4.79 Å². The molecule has 0 radical (unpaired) electrons. The molecule has 1 aromatic rings. The fourth-order valence-electron chi connectivity index (χ4n) is 2.15. The maximum absolute atomic E-state index is 11.7. The number of carbonyl (C=O) groups excluding carboxylic acids is 1. The van der Waals surface area contributed by atoms with Gasteiger partial charge in [-0.1, -0.05) is 12.8 Å². The van der Waals surface area contributed by atoms with Crippen molar-refractivity contribution in [3.63, 3.8) is 0 Å². The van der Waals surface area contributed by atoms with Crippen molar-refractivity contribution in [1.29, 1.82) is 0 Å². The maximum atomic E-state index is 11.7. The largest absolute Gasteiger partial charge is 0.366 e. The summed E-state index contributed by atoms with van der Waals surface area (Å²) >= 11 is 0. The molecular formula is C13H20N4O. The second-order valence-corrected chi connectivity index (χ2v) is 5.06. The standard InChI is InChI=1S/C13H20N4O/c1-9(2)14-13(18)11-7-8-12(17-16-11)15-10-5-3-4-6-10/h7-10H,3-6H2,1-2H3,(H,14,18)(H,15,17). The van der Waals surface area contributed by atoms with Crippen molar-refractivity contribution in [3.05, 3.63) is 17.8 Å². The van der Waals surface area contributed by atoms with Crippen LogP contribution in [0.2, 0.25) is 0 Å². The highest BCUT2D eigenvalue weighted by atomic mass is 16.1. The Balaban J connectivity index is 1.94. The molecule has 18 heavy (non-hydrogen) atoms. The molecule has 5 heteroatoms. The minimum absolute atomic E-state index is 0.107. The molecule has 0 saturated heterocycles. The quantitative estimate of drug-likeness (QED) is 0.855. The predicted octanol–water partition coefficient (Wildman–Crippen LogP) is 1.97. The summed E-state index contributed by atoms with van der Waals surface area (Å²) in [5, 5.41) is 14.1. The molecule has 1 aromatic heterocycles. The Labute approximate surface area is 107 Å². The molecule has 0 bridgehead atoms. The van der Waals surface area contributed by atoms with E-state index >= 15 is 0 Å². The molecule has 0 unspecified atom stereocenters. The van der Waals surface area contributed by atoms with Gasteiger partial charge in [0.25, 0.3) is 5.91 Å². The molecule has 1 heterocycles. The Kier molecular flexibility index (Phi) is 4.12. The van der Waals surface area contributed by atoms with Crippen LogP contribution < -0.4 is 10.6 Å². The van der Waals surface area contributed by atoms with Gasteiger partial charge in [0.15, 0.2) is 5.69 Å². The number of anilines is 1. The zero-order valence-corrected chi connectivity index (χ0v) is 10.9. The van der Waals surface area contributed by atoms with E-state index in [4.69, 9.17) is 0 Å². The summed E-state index contributed by atoms with van der Waals surface area (Å²) in [5.74, 6) is 0.577. The van der Waals surface area contributed by atoms with Gasteiger partial charge in [-0.15, -0.1) is 10.2 Å². The van der Waals surface area contributed by atoms with Gasteiger partial charge in [-0.05, 0) is 38.8 Å². The third kappa shape index (κ3) is 3.42. The number of carbonyl (C=O) groups is 1. The number of rotatable bonds is 4. The van der Waals surface area contributed by atoms with Gasteiger partial charge in [-0.2, -0.15) is 0 Å². The van der Waals surface area contributed by atoms with E-state index in [0.717, 1.165) is 5.82 Å². The number of hydrogen-bond acceptors (Lipinski definition) is 4. The number of aromatic nitrogens is 2. The minimum Gasteiger partial charge on any atom is -0.366 e. The highest BCUT2D eigenvalue weighted by Crippen LogP contribution is 2.20. The maximum Gasteiger partial charge on any atom is 0.271 e. The summed E-state index contributed by atoms with van der Waals surface area (Å²) in [6.45, 7) is 3.84. The first-order valence-corrected chi connectivity index (χ1v) is 6.56. The SMILES string of the molecule is CC(C)NC(=O)c1ccc(NC2CCCC2)nn1. The van der Waals surface area contributed by atoms with Gasteiger partial charge in [0.2, 0.25) is 0 Å². The summed E-state index contributed by atoms with van der Waals surface area (Å²) < 4.78 is 0. The van der Waals surface area contributed by atoms with E-state index in [0.29, 0.717) is 11.7 Å². The van der Waals surface area contributed by atoms with Crippen LogP contribution in [0.3, 0.4) is 0 Å². The molecule has 2 N–H and O–H groups in total. The van der Waals surface area contributed by atoms with Gasteiger partial charge in [0.1, 0.15) is 5.82 Å². The van der Waals surface area contributed by atoms with E-state index in [9.17, 15) is 4.79 Å². The average Bonchev–Trinajstić information content (AvgIpc) is 2.82. The van der Waals surface area contributed by atoms with Crippen LogP contribution in [0.4, 0.5) is 5.82 Å². The molecular weight excluding hydrogens is 228 g/mol. The summed E-state index contributed by atoms with van der Waals surface area (Å²) in [7, 11) is 0. The van der Waals surface area contributed by atoms with Gasteiger partial charge in [-0.25, -0.2) is 0 Å². The second kappa shape index (κ2) is 5.80. The predicted molar refractivity (Wildman–Crippen MR) is 70.5 cm³/mol. The van der Waals surface area contributed by atoms with Crippen LogP contribution in [-0.2, 0) is 0 Å². The van der Waals surface area contributed by atoms with Crippen molar-refractivity contribution in [3.8, 4) is 0 Å². The lowest BCUT2D eigenvalue weighted by Gasteiger charge is -2.12. The van der Waals surface area contributed by atoms with Crippen LogP contribution in [0.15, 0.2) is 12.1 Å². The summed E-state index contributed by atoms with van der Waals surface area (Å²) in [6, 6.07) is 4.15. The lowest BCUT2D eigenvalue weighted by Crippen LogP contribution is -2.31. The van der Waals surface area contributed by atoms with Crippen molar-refractivity contribution in [2.45, 2.75) is 51.6 Å². The van der Waals surface area contributed by atoms with Crippen molar-refractivity contribution in [1.82, 2.24) is 15.5 Å². The van der Waals surface area contributed by atoms with Crippen LogP contribution >= 0.6 is 0 Å². The zero-order valence-electron chi connectivity index (χ0n) is 10.9. The van der Waals surface area contributed by atoms with Gasteiger partial charge in [0, 0.05) is 12.1 Å². The Morgan fingerprint density at radius 3 is 2.56 bits per heavy atom. The van der Waals surface area contributed by atoms with Crippen molar-refractivity contribution in [2.75, 3.05) is 5.32 Å². The average molecular weight is 248 g/mol. The number of nitrogens with one attached hydrogen (secondary N) is 2. The molecule has 2 rings (SSSR count). The molecule has 5 nitrogen and oxygen atoms in total. The van der Waals surface area contributed by atoms with E-state index in [1.54, 1.807) is 6.07 Å². The van der Waals surface area contributed by atoms with E-state index in [2.05, 4.69) is 20.8 Å². The molecule has 98 valence electrons. The molecule has 1 aliphatic carbocycles. The van der Waals surface area contributed by atoms with Crippen LogP contribution in [0, 0.1) is 0 Å². The lowest BCUT2D eigenvalue weighted by atomic mass is 10.2. The molecule has 1 amide bonds. The minimum atomic E-state index is -0.176. The lowest BCUT2D eigenvalue weighted by molar-refractivity contribution is 0.0937. The molecule has 0 spiro atoms. The monoisotopic (exact) mass is 248 g/mol. The van der Waals surface area contributed by atoms with Crippen molar-refractivity contribution >= 4 is 11.7 Å². The highest BCUT2D eigenvalue weighted by Gasteiger charge is 2.15. The molecule has 1 saturated carbocycles. The normalized spacial score (nSPS) is 15.9. The molecule has 0 aliphatic heterocycles. The van der Waals surface area contributed by atoms with Crippen LogP contribution in [0.25, 0.3) is 0 Å². The first-order valence-electron chi connectivity index (χ1n) is 6.56. The molecule has 0 atom stereocenters. The molecule has 1 fully saturated rings. The van der Waals surface area contributed by atoms with Gasteiger partial charge in [0.05, 0.1) is 0 Å². The molecule has 0 aromatic carbocycles. The Bertz CT molecular complexity index is 396. The number of amides is 1. The first kappa shape index (κ1) is 12.8. The summed E-state index contributed by atoms with van der Waals surface area (Å²) in [6.07, 6.45) is 4.94. The van der Waals surface area contributed by atoms with Gasteiger partial charge >= 0.3 is 0 Å². The van der Waals surface area contributed by atoms with E-state index < -0.39 is 0 Å². The fraction of sp³-hybridized carbons (Fsp3) is 0.615. The van der Waals surface area contributed by atoms with Crippen LogP contribution in [0.1, 0.15) is 50.0 Å². The Morgan fingerprint density at radius 1 is 1.28 bits per heavy atom. The van der Waals surface area contributed by atoms with Crippen LogP contribution in [0.5, 0.6) is 0 Å². The number of nitrogens with zero attached hydrogens (tertiary/aromatic N) is 2. The van der Waals surface area contributed by atoms with Crippen molar-refractivity contribution in [2.24, 2.45) is 0 Å². The summed E-state index contributed by atoms with van der Waals surface area (Å²) in [4.78, 5) is 11.7. The van der Waals surface area contributed by atoms with Crippen molar-refractivity contribution < 1.29 is 4.79 Å². The number of hydrogen-bond donors (Lipinski definition) is 2. The Morgan fingerprint density at radius 2 is 2.00 bits per heavy atom. The third-order valence-electron chi connectivity index (χ3n) is 3.02. The van der Waals surface area contributed by atoms with E-state index in [1.165, 1.54) is 25.7 Å². The topological polar surface area (TPSA) is 66.9 Å². The third-order valence-corrected chi connectivity index (χ3v) is 3.02. The van der Waals surface area contributed by atoms with E-state index in [1.807, 2.05) is 19.9 Å². The fourth-order valence-corrected chi connectivity index (χ4v) is 2.15. The zero-order chi connectivity index (χ0) is 13.0. The molecule has 1 aliphatic rings. The Hall–Kier alpha value is -1.65. The summed E-state index contributed by atoms with van der Waals surface area (Å²) in [5.41, 5.74) is 0.362. The highest BCUT2D eigenvalue weighted by molar-refractivity contribution is 5.92.